The van der Waals surface area contributed by atoms with E-state index in [1.54, 1.807) is 0 Å². The van der Waals surface area contributed by atoms with Crippen molar-refractivity contribution < 1.29 is 19.1 Å². The molecule has 0 bridgehead atoms. The van der Waals surface area contributed by atoms with Crippen molar-refractivity contribution in [2.75, 3.05) is 7.11 Å². The number of carbonyl (C=O) groups excluding carboxylic acids is 2. The first-order valence-corrected chi connectivity index (χ1v) is 2.99. The molecule has 0 saturated carbocycles. The van der Waals surface area contributed by atoms with Crippen molar-refractivity contribution in [1.82, 2.24) is 0 Å². The van der Waals surface area contributed by atoms with Gasteiger partial charge in [-0.3, -0.25) is 4.79 Å². The van der Waals surface area contributed by atoms with E-state index in [0.29, 0.717) is 6.42 Å². The Labute approximate surface area is 59.1 Å². The zero-order chi connectivity index (χ0) is 7.98. The first-order chi connectivity index (χ1) is 4.70. The van der Waals surface area contributed by atoms with E-state index in [1.807, 2.05) is 6.92 Å². The van der Waals surface area contributed by atoms with Crippen molar-refractivity contribution in [3.8, 4) is 0 Å². The molecule has 4 heteroatoms. The third-order valence-corrected chi connectivity index (χ3v) is 0.818. The Bertz CT molecular complexity index is 130. The Balaban J connectivity index is 3.47. The minimum Gasteiger partial charge on any atom is -0.437 e. The van der Waals surface area contributed by atoms with Gasteiger partial charge in [-0.1, -0.05) is 6.92 Å². The fourth-order valence-electron chi connectivity index (χ4n) is 0.390. The molecule has 0 aromatic carbocycles. The Kier molecular flexibility index (Phi) is 4.28. The van der Waals surface area contributed by atoms with E-state index in [1.165, 1.54) is 0 Å². The number of hydrogen-bond acceptors (Lipinski definition) is 4. The van der Waals surface area contributed by atoms with Crippen molar-refractivity contribution in [3.63, 3.8) is 0 Å². The van der Waals surface area contributed by atoms with Crippen LogP contribution in [0.15, 0.2) is 0 Å². The summed E-state index contributed by atoms with van der Waals surface area (Å²) in [5, 5.41) is 0. The van der Waals surface area contributed by atoms with E-state index in [-0.39, 0.29) is 6.42 Å². The third-order valence-electron chi connectivity index (χ3n) is 0.818. The zero-order valence-corrected chi connectivity index (χ0v) is 6.05. The first-order valence-electron chi connectivity index (χ1n) is 2.99. The number of methoxy groups -OCH3 is 1. The van der Waals surface area contributed by atoms with Crippen LogP contribution in [0.25, 0.3) is 0 Å². The standard InChI is InChI=1S/C6H10O4/c1-3-4-5(7)10-6(8)9-2/h3-4H2,1-2H3. The van der Waals surface area contributed by atoms with Crippen molar-refractivity contribution in [2.45, 2.75) is 19.8 Å². The van der Waals surface area contributed by atoms with E-state index in [4.69, 9.17) is 0 Å². The maximum atomic E-state index is 10.5. The van der Waals surface area contributed by atoms with Crippen LogP contribution >= 0.6 is 0 Å². The molecule has 10 heavy (non-hydrogen) atoms. The summed E-state index contributed by atoms with van der Waals surface area (Å²) in [6.07, 6.45) is -0.0382. The average Bonchev–Trinajstić information content (AvgIpc) is 1.88. The maximum Gasteiger partial charge on any atom is 0.515 e. The average molecular weight is 146 g/mol. The molecule has 0 aliphatic carbocycles. The van der Waals surface area contributed by atoms with Crippen LogP contribution in [-0.4, -0.2) is 19.2 Å². The topological polar surface area (TPSA) is 52.6 Å². The molecule has 0 amide bonds. The Morgan fingerprint density at radius 2 is 2.00 bits per heavy atom. The lowest BCUT2D eigenvalue weighted by Crippen LogP contribution is -2.11. The second-order valence-corrected chi connectivity index (χ2v) is 1.68. The monoisotopic (exact) mass is 146 g/mol. The Morgan fingerprint density at radius 3 is 2.40 bits per heavy atom. The van der Waals surface area contributed by atoms with Crippen LogP contribution in [0.1, 0.15) is 19.8 Å². The quantitative estimate of drug-likeness (QED) is 0.432. The van der Waals surface area contributed by atoms with Gasteiger partial charge in [0.1, 0.15) is 0 Å². The predicted octanol–water partition coefficient (Wildman–Crippen LogP) is 1.10. The van der Waals surface area contributed by atoms with Gasteiger partial charge < -0.3 is 9.47 Å². The zero-order valence-electron chi connectivity index (χ0n) is 6.05. The van der Waals surface area contributed by atoms with E-state index < -0.39 is 12.1 Å². The van der Waals surface area contributed by atoms with Crippen molar-refractivity contribution in [2.24, 2.45) is 0 Å². The summed E-state index contributed by atoms with van der Waals surface area (Å²) < 4.78 is 8.23. The predicted molar refractivity (Wildman–Crippen MR) is 33.4 cm³/mol. The van der Waals surface area contributed by atoms with Gasteiger partial charge in [0.2, 0.25) is 0 Å². The van der Waals surface area contributed by atoms with Gasteiger partial charge in [0.25, 0.3) is 0 Å². The van der Waals surface area contributed by atoms with Gasteiger partial charge in [-0.25, -0.2) is 4.79 Å². The molecule has 0 aromatic rings. The fraction of sp³-hybridized carbons (Fsp3) is 0.667. The minimum absolute atomic E-state index is 0.245. The van der Waals surface area contributed by atoms with Gasteiger partial charge in [-0.05, 0) is 6.42 Å². The summed E-state index contributed by atoms with van der Waals surface area (Å²) >= 11 is 0. The molecule has 0 spiro atoms. The second kappa shape index (κ2) is 4.78. The van der Waals surface area contributed by atoms with Crippen molar-refractivity contribution in [1.29, 1.82) is 0 Å². The highest BCUT2D eigenvalue weighted by molar-refractivity contribution is 5.81. The van der Waals surface area contributed by atoms with Crippen LogP contribution in [0.3, 0.4) is 0 Å². The highest BCUT2D eigenvalue weighted by Crippen LogP contribution is 1.92. The molecule has 0 radical (unpaired) electrons. The highest BCUT2D eigenvalue weighted by Gasteiger charge is 2.07. The molecule has 0 fully saturated rings. The van der Waals surface area contributed by atoms with Crippen molar-refractivity contribution >= 4 is 12.1 Å². The van der Waals surface area contributed by atoms with Gasteiger partial charge in [0.15, 0.2) is 0 Å². The fourth-order valence-corrected chi connectivity index (χ4v) is 0.390. The highest BCUT2D eigenvalue weighted by atomic mass is 16.7. The molecule has 0 saturated heterocycles. The first kappa shape index (κ1) is 8.94. The summed E-state index contributed by atoms with van der Waals surface area (Å²) in [5.74, 6) is -0.547. The summed E-state index contributed by atoms with van der Waals surface area (Å²) in [7, 11) is 1.15. The normalized spacial score (nSPS) is 8.60. The van der Waals surface area contributed by atoms with E-state index >= 15 is 0 Å². The van der Waals surface area contributed by atoms with Gasteiger partial charge in [-0.15, -0.1) is 0 Å². The Morgan fingerprint density at radius 1 is 1.40 bits per heavy atom. The van der Waals surface area contributed by atoms with Gasteiger partial charge >= 0.3 is 12.1 Å². The molecule has 0 rings (SSSR count). The molecule has 0 N–H and O–H groups in total. The number of rotatable bonds is 2. The summed E-state index contributed by atoms with van der Waals surface area (Å²) in [6.45, 7) is 1.82. The molecule has 0 unspecified atom stereocenters. The number of ether oxygens (including phenoxy) is 2. The molecule has 58 valence electrons. The van der Waals surface area contributed by atoms with Crippen LogP contribution in [0.2, 0.25) is 0 Å². The number of carbonyl (C=O) groups is 2. The lowest BCUT2D eigenvalue weighted by atomic mass is 10.3. The Hall–Kier alpha value is -1.06. The molecular formula is C6H10O4. The molecular weight excluding hydrogens is 136 g/mol. The second-order valence-electron chi connectivity index (χ2n) is 1.68. The molecule has 0 atom stereocenters. The molecule has 4 nitrogen and oxygen atoms in total. The summed E-state index contributed by atoms with van der Waals surface area (Å²) in [6, 6.07) is 0. The lowest BCUT2D eigenvalue weighted by molar-refractivity contribution is -0.139. The van der Waals surface area contributed by atoms with Crippen LogP contribution in [0, 0.1) is 0 Å². The summed E-state index contributed by atoms with van der Waals surface area (Å²) in [4.78, 5) is 20.7. The molecule has 0 aliphatic heterocycles. The van der Waals surface area contributed by atoms with Gasteiger partial charge in [0, 0.05) is 6.42 Å². The summed E-state index contributed by atoms with van der Waals surface area (Å²) in [5.41, 5.74) is 0. The molecule has 0 aromatic heterocycles. The van der Waals surface area contributed by atoms with E-state index in [2.05, 4.69) is 9.47 Å². The van der Waals surface area contributed by atoms with Crippen LogP contribution in [0.4, 0.5) is 4.79 Å². The van der Waals surface area contributed by atoms with E-state index in [0.717, 1.165) is 7.11 Å². The van der Waals surface area contributed by atoms with Gasteiger partial charge in [-0.2, -0.15) is 0 Å². The lowest BCUT2D eigenvalue weighted by Gasteiger charge is -1.97. The number of hydrogen-bond donors (Lipinski definition) is 0. The maximum absolute atomic E-state index is 10.5. The van der Waals surface area contributed by atoms with Crippen molar-refractivity contribution in [3.05, 3.63) is 0 Å². The van der Waals surface area contributed by atoms with Crippen LogP contribution in [0.5, 0.6) is 0 Å². The largest absolute Gasteiger partial charge is 0.515 e. The van der Waals surface area contributed by atoms with Crippen LogP contribution < -0.4 is 0 Å². The number of esters is 1. The van der Waals surface area contributed by atoms with E-state index in [9.17, 15) is 9.59 Å². The SMILES string of the molecule is CCCC(=O)OC(=O)OC. The van der Waals surface area contributed by atoms with Gasteiger partial charge in [0.05, 0.1) is 7.11 Å². The molecule has 0 aliphatic rings. The minimum atomic E-state index is -0.946. The molecule has 0 heterocycles. The smallest absolute Gasteiger partial charge is 0.437 e. The van der Waals surface area contributed by atoms with Crippen LogP contribution in [-0.2, 0) is 14.3 Å². The third kappa shape index (κ3) is 3.88.